The van der Waals surface area contributed by atoms with Crippen LogP contribution in [0.3, 0.4) is 0 Å². The molecule has 0 aliphatic carbocycles. The van der Waals surface area contributed by atoms with Crippen molar-refractivity contribution in [3.63, 3.8) is 0 Å². The van der Waals surface area contributed by atoms with Crippen LogP contribution in [0.5, 0.6) is 0 Å². The minimum absolute atomic E-state index is 0.0586. The largest absolute Gasteiger partial charge is 0.349 e. The Hall–Kier alpha value is -3.20. The van der Waals surface area contributed by atoms with Crippen molar-refractivity contribution in [1.29, 1.82) is 0 Å². The molecule has 0 aromatic heterocycles. The Bertz CT molecular complexity index is 1090. The average Bonchev–Trinajstić information content (AvgIpc) is 3.01. The van der Waals surface area contributed by atoms with Crippen LogP contribution >= 0.6 is 0 Å². The number of fused-ring (bicyclic) bond motifs is 1. The van der Waals surface area contributed by atoms with E-state index in [4.69, 9.17) is 0 Å². The Balaban J connectivity index is 1.66. The van der Waals surface area contributed by atoms with E-state index in [1.807, 2.05) is 13.8 Å². The molecule has 1 heterocycles. The van der Waals surface area contributed by atoms with Crippen LogP contribution in [0.2, 0.25) is 0 Å². The van der Waals surface area contributed by atoms with E-state index in [9.17, 15) is 18.0 Å². The Labute approximate surface area is 176 Å². The smallest absolute Gasteiger partial charge is 0.285 e. The van der Waals surface area contributed by atoms with Gasteiger partial charge in [0.05, 0.1) is 6.54 Å². The maximum Gasteiger partial charge on any atom is 0.285 e. The fraction of sp³-hybridized carbons (Fsp3) is 0.286. The van der Waals surface area contributed by atoms with Gasteiger partial charge in [-0.15, -0.1) is 4.40 Å². The zero-order valence-corrected chi connectivity index (χ0v) is 17.9. The quantitative estimate of drug-likeness (QED) is 0.760. The molecule has 1 aliphatic rings. The van der Waals surface area contributed by atoms with Gasteiger partial charge in [-0.25, -0.2) is 0 Å². The summed E-state index contributed by atoms with van der Waals surface area (Å²) in [6, 6.07) is 13.2. The summed E-state index contributed by atoms with van der Waals surface area (Å²) in [5, 5.41) is 2.75. The molecule has 2 amide bonds. The SMILES string of the molecule is CCN(CC)C(=O)c1ccc(NC(=O)CN(C)C2=NS(=O)(=O)c3ccccc32)cc1. The summed E-state index contributed by atoms with van der Waals surface area (Å²) in [4.78, 5) is 28.2. The lowest BCUT2D eigenvalue weighted by Crippen LogP contribution is -2.34. The molecule has 158 valence electrons. The zero-order chi connectivity index (χ0) is 21.9. The standard InChI is InChI=1S/C21H24N4O4S/c1-4-25(5-2)21(27)15-10-12-16(13-11-15)22-19(26)14-24(3)20-17-8-6-7-9-18(17)30(28,29)23-20/h6-13H,4-5,14H2,1-3H3,(H,22,26). The minimum atomic E-state index is -3.74. The highest BCUT2D eigenvalue weighted by atomic mass is 32.2. The van der Waals surface area contributed by atoms with Crippen molar-refractivity contribution in [2.75, 3.05) is 32.0 Å². The van der Waals surface area contributed by atoms with Crippen molar-refractivity contribution < 1.29 is 18.0 Å². The lowest BCUT2D eigenvalue weighted by atomic mass is 10.1. The highest BCUT2D eigenvalue weighted by Gasteiger charge is 2.30. The monoisotopic (exact) mass is 428 g/mol. The second-order valence-corrected chi connectivity index (χ2v) is 8.42. The number of rotatable bonds is 6. The summed E-state index contributed by atoms with van der Waals surface area (Å²) in [5.74, 6) is -0.151. The molecular weight excluding hydrogens is 404 g/mol. The molecule has 0 spiro atoms. The first-order valence-electron chi connectivity index (χ1n) is 9.61. The molecule has 0 saturated heterocycles. The third-order valence-electron chi connectivity index (χ3n) is 4.82. The number of nitrogens with zero attached hydrogens (tertiary/aromatic N) is 3. The van der Waals surface area contributed by atoms with Crippen molar-refractivity contribution in [3.8, 4) is 0 Å². The molecule has 0 saturated carbocycles. The van der Waals surface area contributed by atoms with Crippen LogP contribution in [0.4, 0.5) is 5.69 Å². The number of anilines is 1. The third kappa shape index (κ3) is 4.35. The Morgan fingerprint density at radius 3 is 2.27 bits per heavy atom. The fourth-order valence-electron chi connectivity index (χ4n) is 3.24. The lowest BCUT2D eigenvalue weighted by Gasteiger charge is -2.19. The van der Waals surface area contributed by atoms with Gasteiger partial charge in [0.1, 0.15) is 4.90 Å². The first kappa shape index (κ1) is 21.5. The molecule has 0 fully saturated rings. The highest BCUT2D eigenvalue weighted by molar-refractivity contribution is 7.90. The molecule has 8 nitrogen and oxygen atoms in total. The maximum absolute atomic E-state index is 12.4. The van der Waals surface area contributed by atoms with Gasteiger partial charge in [0.15, 0.2) is 5.84 Å². The van der Waals surface area contributed by atoms with Crippen molar-refractivity contribution in [2.45, 2.75) is 18.7 Å². The molecule has 1 aliphatic heterocycles. The van der Waals surface area contributed by atoms with Crippen molar-refractivity contribution in [2.24, 2.45) is 4.40 Å². The number of hydrogen-bond acceptors (Lipinski definition) is 5. The number of nitrogens with one attached hydrogen (secondary N) is 1. The molecule has 30 heavy (non-hydrogen) atoms. The topological polar surface area (TPSA) is 99.2 Å². The van der Waals surface area contributed by atoms with Gasteiger partial charge >= 0.3 is 0 Å². The number of benzene rings is 2. The number of carbonyl (C=O) groups is 2. The van der Waals surface area contributed by atoms with E-state index in [1.54, 1.807) is 54.4 Å². The van der Waals surface area contributed by atoms with E-state index < -0.39 is 10.0 Å². The molecule has 2 aromatic rings. The lowest BCUT2D eigenvalue weighted by molar-refractivity contribution is -0.116. The molecule has 0 unspecified atom stereocenters. The van der Waals surface area contributed by atoms with E-state index in [-0.39, 0.29) is 29.1 Å². The normalized spacial score (nSPS) is 13.9. The van der Waals surface area contributed by atoms with Crippen LogP contribution in [0.15, 0.2) is 57.8 Å². The number of hydrogen-bond donors (Lipinski definition) is 1. The van der Waals surface area contributed by atoms with Gasteiger partial charge in [-0.1, -0.05) is 12.1 Å². The molecule has 9 heteroatoms. The van der Waals surface area contributed by atoms with Gasteiger partial charge in [-0.05, 0) is 50.2 Å². The highest BCUT2D eigenvalue weighted by Crippen LogP contribution is 2.26. The Kier molecular flexibility index (Phi) is 6.21. The minimum Gasteiger partial charge on any atom is -0.349 e. The summed E-state index contributed by atoms with van der Waals surface area (Å²) in [6.45, 7) is 5.02. The summed E-state index contributed by atoms with van der Waals surface area (Å²) in [5.41, 5.74) is 1.58. The molecule has 3 rings (SSSR count). The van der Waals surface area contributed by atoms with Gasteiger partial charge in [0, 0.05) is 37.0 Å². The average molecular weight is 429 g/mol. The van der Waals surface area contributed by atoms with Gasteiger partial charge < -0.3 is 15.1 Å². The van der Waals surface area contributed by atoms with Gasteiger partial charge in [0.25, 0.3) is 15.9 Å². The first-order valence-corrected chi connectivity index (χ1v) is 11.1. The Morgan fingerprint density at radius 1 is 1.00 bits per heavy atom. The van der Waals surface area contributed by atoms with Crippen molar-refractivity contribution >= 4 is 33.4 Å². The van der Waals surface area contributed by atoms with E-state index in [0.717, 1.165) is 0 Å². The van der Waals surface area contributed by atoms with E-state index in [2.05, 4.69) is 9.71 Å². The zero-order valence-electron chi connectivity index (χ0n) is 17.1. The number of sulfonamides is 1. The number of likely N-dealkylation sites (N-methyl/N-ethyl adjacent to an activating group) is 1. The summed E-state index contributed by atoms with van der Waals surface area (Å²) in [6.07, 6.45) is 0. The van der Waals surface area contributed by atoms with E-state index in [1.165, 1.54) is 11.0 Å². The van der Waals surface area contributed by atoms with E-state index >= 15 is 0 Å². The second kappa shape index (κ2) is 8.66. The maximum atomic E-state index is 12.4. The number of amidine groups is 1. The summed E-state index contributed by atoms with van der Waals surface area (Å²) < 4.78 is 28.2. The van der Waals surface area contributed by atoms with Crippen LogP contribution in [-0.2, 0) is 14.8 Å². The third-order valence-corrected chi connectivity index (χ3v) is 6.15. The molecule has 0 bridgehead atoms. The van der Waals surface area contributed by atoms with Crippen LogP contribution in [0, 0.1) is 0 Å². The predicted molar refractivity (Wildman–Crippen MR) is 115 cm³/mol. The van der Waals surface area contributed by atoms with Crippen LogP contribution < -0.4 is 5.32 Å². The van der Waals surface area contributed by atoms with Gasteiger partial charge in [-0.3, -0.25) is 9.59 Å². The summed E-state index contributed by atoms with van der Waals surface area (Å²) in [7, 11) is -2.13. The van der Waals surface area contributed by atoms with Gasteiger partial charge in [-0.2, -0.15) is 8.42 Å². The van der Waals surface area contributed by atoms with E-state index in [0.29, 0.717) is 29.9 Å². The van der Waals surface area contributed by atoms with Crippen molar-refractivity contribution in [3.05, 3.63) is 59.7 Å². The molecular formula is C21H24N4O4S. The van der Waals surface area contributed by atoms with Crippen LogP contribution in [-0.4, -0.2) is 62.5 Å². The molecule has 2 aromatic carbocycles. The molecule has 0 atom stereocenters. The molecule has 1 N–H and O–H groups in total. The number of carbonyl (C=O) groups excluding carboxylic acids is 2. The Morgan fingerprint density at radius 2 is 1.63 bits per heavy atom. The van der Waals surface area contributed by atoms with Gasteiger partial charge in [0.2, 0.25) is 5.91 Å². The first-order chi connectivity index (χ1) is 14.3. The fourth-order valence-corrected chi connectivity index (χ4v) is 4.50. The van der Waals surface area contributed by atoms with Crippen LogP contribution in [0.25, 0.3) is 0 Å². The van der Waals surface area contributed by atoms with Crippen molar-refractivity contribution in [1.82, 2.24) is 9.80 Å². The summed E-state index contributed by atoms with van der Waals surface area (Å²) >= 11 is 0. The number of amides is 2. The van der Waals surface area contributed by atoms with Crippen LogP contribution in [0.1, 0.15) is 29.8 Å². The molecule has 0 radical (unpaired) electrons. The predicted octanol–water partition coefficient (Wildman–Crippen LogP) is 2.19. The second-order valence-electron chi connectivity index (χ2n) is 6.85.